The number of aryl methyl sites for hydroxylation is 3. The lowest BCUT2D eigenvalue weighted by Gasteiger charge is -2.11. The smallest absolute Gasteiger partial charge is 0.103 e. The van der Waals surface area contributed by atoms with Crippen LogP contribution < -0.4 is 0 Å². The third-order valence-electron chi connectivity index (χ3n) is 3.23. The molecule has 0 aliphatic rings. The van der Waals surface area contributed by atoms with Gasteiger partial charge in [0.15, 0.2) is 0 Å². The average molecular weight is 263 g/mol. The second-order valence-electron chi connectivity index (χ2n) is 4.85. The molecule has 0 saturated heterocycles. The molecule has 0 fully saturated rings. The molecule has 1 aromatic heterocycles. The lowest BCUT2D eigenvalue weighted by Crippen LogP contribution is -2.06. The molecule has 2 aromatic rings. The molecule has 0 spiro atoms. The van der Waals surface area contributed by atoms with E-state index < -0.39 is 0 Å². The fourth-order valence-electron chi connectivity index (χ4n) is 2.11. The van der Waals surface area contributed by atoms with Crippen LogP contribution in [0.2, 0.25) is 0 Å². The standard InChI is InChI=1S/C16H19ClO/c1-12-5-6-13(2)14(10-12)11-15(17)7-8-16-4-3-9-18-16/h3-6,9-10,15H,7-8,11H2,1-2H3. The summed E-state index contributed by atoms with van der Waals surface area (Å²) in [4.78, 5) is 0. The molecule has 1 atom stereocenters. The van der Waals surface area contributed by atoms with E-state index in [1.165, 1.54) is 16.7 Å². The molecule has 0 saturated carbocycles. The van der Waals surface area contributed by atoms with Crippen molar-refractivity contribution in [3.63, 3.8) is 0 Å². The zero-order valence-electron chi connectivity index (χ0n) is 10.9. The van der Waals surface area contributed by atoms with Crippen LogP contribution >= 0.6 is 11.6 Å². The minimum Gasteiger partial charge on any atom is -0.469 e. The Bertz CT molecular complexity index is 488. The van der Waals surface area contributed by atoms with Gasteiger partial charge >= 0.3 is 0 Å². The molecule has 0 amide bonds. The van der Waals surface area contributed by atoms with Gasteiger partial charge in [-0.1, -0.05) is 23.8 Å². The highest BCUT2D eigenvalue weighted by molar-refractivity contribution is 6.20. The summed E-state index contributed by atoms with van der Waals surface area (Å²) in [6.07, 6.45) is 4.49. The van der Waals surface area contributed by atoms with Crippen LogP contribution in [-0.2, 0) is 12.8 Å². The van der Waals surface area contributed by atoms with Crippen molar-refractivity contribution in [2.75, 3.05) is 0 Å². The van der Waals surface area contributed by atoms with Gasteiger partial charge in [-0.05, 0) is 49.9 Å². The van der Waals surface area contributed by atoms with E-state index in [0.29, 0.717) is 0 Å². The maximum absolute atomic E-state index is 6.41. The molecule has 2 heteroatoms. The minimum atomic E-state index is 0.163. The largest absolute Gasteiger partial charge is 0.469 e. The third kappa shape index (κ3) is 3.64. The Kier molecular flexibility index (Phi) is 4.48. The van der Waals surface area contributed by atoms with Crippen LogP contribution in [-0.4, -0.2) is 5.38 Å². The molecule has 2 rings (SSSR count). The fourth-order valence-corrected chi connectivity index (χ4v) is 2.39. The predicted molar refractivity (Wildman–Crippen MR) is 76.3 cm³/mol. The van der Waals surface area contributed by atoms with Gasteiger partial charge in [-0.25, -0.2) is 0 Å². The molecule has 0 N–H and O–H groups in total. The number of halogens is 1. The molecule has 18 heavy (non-hydrogen) atoms. The Morgan fingerprint density at radius 1 is 1.22 bits per heavy atom. The second kappa shape index (κ2) is 6.10. The number of alkyl halides is 1. The lowest BCUT2D eigenvalue weighted by molar-refractivity contribution is 0.498. The summed E-state index contributed by atoms with van der Waals surface area (Å²) < 4.78 is 5.32. The van der Waals surface area contributed by atoms with E-state index in [1.54, 1.807) is 6.26 Å². The molecule has 1 nitrogen and oxygen atoms in total. The van der Waals surface area contributed by atoms with Gasteiger partial charge in [0.25, 0.3) is 0 Å². The first-order chi connectivity index (χ1) is 8.65. The highest BCUT2D eigenvalue weighted by Gasteiger charge is 2.09. The highest BCUT2D eigenvalue weighted by Crippen LogP contribution is 2.18. The monoisotopic (exact) mass is 262 g/mol. The second-order valence-corrected chi connectivity index (χ2v) is 5.47. The molecule has 0 aliphatic heterocycles. The number of hydrogen-bond acceptors (Lipinski definition) is 1. The maximum Gasteiger partial charge on any atom is 0.103 e. The summed E-state index contributed by atoms with van der Waals surface area (Å²) in [7, 11) is 0. The number of furan rings is 1. The van der Waals surface area contributed by atoms with Crippen molar-refractivity contribution in [3.8, 4) is 0 Å². The van der Waals surface area contributed by atoms with Crippen LogP contribution in [0.15, 0.2) is 41.0 Å². The van der Waals surface area contributed by atoms with E-state index in [4.69, 9.17) is 16.0 Å². The first-order valence-electron chi connectivity index (χ1n) is 6.38. The zero-order valence-corrected chi connectivity index (χ0v) is 11.7. The van der Waals surface area contributed by atoms with E-state index >= 15 is 0 Å². The van der Waals surface area contributed by atoms with E-state index in [-0.39, 0.29) is 5.38 Å². The van der Waals surface area contributed by atoms with Gasteiger partial charge in [0.05, 0.1) is 6.26 Å². The molecule has 0 radical (unpaired) electrons. The highest BCUT2D eigenvalue weighted by atomic mass is 35.5. The average Bonchev–Trinajstić information content (AvgIpc) is 2.84. The quantitative estimate of drug-likeness (QED) is 0.713. The van der Waals surface area contributed by atoms with Crippen molar-refractivity contribution in [1.82, 2.24) is 0 Å². The molecule has 1 unspecified atom stereocenters. The Morgan fingerprint density at radius 2 is 2.06 bits per heavy atom. The van der Waals surface area contributed by atoms with Gasteiger partial charge in [-0.3, -0.25) is 0 Å². The van der Waals surface area contributed by atoms with Crippen molar-refractivity contribution < 1.29 is 4.42 Å². The van der Waals surface area contributed by atoms with Crippen molar-refractivity contribution in [2.24, 2.45) is 0 Å². The Morgan fingerprint density at radius 3 is 2.78 bits per heavy atom. The van der Waals surface area contributed by atoms with Crippen LogP contribution in [0, 0.1) is 13.8 Å². The maximum atomic E-state index is 6.41. The topological polar surface area (TPSA) is 13.1 Å². The lowest BCUT2D eigenvalue weighted by atomic mass is 9.99. The van der Waals surface area contributed by atoms with Crippen molar-refractivity contribution >= 4 is 11.6 Å². The molecule has 0 aliphatic carbocycles. The number of rotatable bonds is 5. The predicted octanol–water partition coefficient (Wildman–Crippen LogP) is 4.68. The van der Waals surface area contributed by atoms with Gasteiger partial charge in [-0.2, -0.15) is 0 Å². The molecule has 0 bridgehead atoms. The van der Waals surface area contributed by atoms with Crippen LogP contribution in [0.5, 0.6) is 0 Å². The SMILES string of the molecule is Cc1ccc(C)c(CC(Cl)CCc2ccco2)c1. The normalized spacial score (nSPS) is 12.6. The van der Waals surface area contributed by atoms with Gasteiger partial charge in [0.1, 0.15) is 5.76 Å². The summed E-state index contributed by atoms with van der Waals surface area (Å²) in [6.45, 7) is 4.26. The van der Waals surface area contributed by atoms with Gasteiger partial charge in [0, 0.05) is 11.8 Å². The summed E-state index contributed by atoms with van der Waals surface area (Å²) in [5.41, 5.74) is 3.98. The van der Waals surface area contributed by atoms with Gasteiger partial charge in [0.2, 0.25) is 0 Å². The van der Waals surface area contributed by atoms with Crippen LogP contribution in [0.1, 0.15) is 28.9 Å². The molecule has 96 valence electrons. The number of benzene rings is 1. The summed E-state index contributed by atoms with van der Waals surface area (Å²) >= 11 is 6.41. The molecular formula is C16H19ClO. The first-order valence-corrected chi connectivity index (χ1v) is 6.81. The summed E-state index contributed by atoms with van der Waals surface area (Å²) in [5.74, 6) is 1.02. The Hall–Kier alpha value is -1.21. The summed E-state index contributed by atoms with van der Waals surface area (Å²) in [6, 6.07) is 10.5. The Labute approximate surface area is 114 Å². The van der Waals surface area contributed by atoms with Crippen LogP contribution in [0.3, 0.4) is 0 Å². The molecule has 1 heterocycles. The molecule has 1 aromatic carbocycles. The summed E-state index contributed by atoms with van der Waals surface area (Å²) in [5, 5.41) is 0.163. The van der Waals surface area contributed by atoms with Crippen molar-refractivity contribution in [2.45, 2.75) is 38.5 Å². The van der Waals surface area contributed by atoms with E-state index in [9.17, 15) is 0 Å². The fraction of sp³-hybridized carbons (Fsp3) is 0.375. The van der Waals surface area contributed by atoms with Crippen LogP contribution in [0.4, 0.5) is 0 Å². The van der Waals surface area contributed by atoms with Crippen molar-refractivity contribution in [3.05, 3.63) is 59.0 Å². The first kappa shape index (κ1) is 13.2. The van der Waals surface area contributed by atoms with Crippen molar-refractivity contribution in [1.29, 1.82) is 0 Å². The van der Waals surface area contributed by atoms with E-state index in [1.807, 2.05) is 12.1 Å². The Balaban J connectivity index is 1.90. The van der Waals surface area contributed by atoms with Gasteiger partial charge in [-0.15, -0.1) is 11.6 Å². The van der Waals surface area contributed by atoms with E-state index in [2.05, 4.69) is 32.0 Å². The minimum absolute atomic E-state index is 0.163. The third-order valence-corrected chi connectivity index (χ3v) is 3.60. The number of hydrogen-bond donors (Lipinski definition) is 0. The molecular weight excluding hydrogens is 244 g/mol. The van der Waals surface area contributed by atoms with Gasteiger partial charge < -0.3 is 4.42 Å². The van der Waals surface area contributed by atoms with E-state index in [0.717, 1.165) is 25.0 Å². The van der Waals surface area contributed by atoms with Crippen LogP contribution in [0.25, 0.3) is 0 Å². The zero-order chi connectivity index (χ0) is 13.0.